The van der Waals surface area contributed by atoms with Crippen LogP contribution in [0.3, 0.4) is 0 Å². The van der Waals surface area contributed by atoms with Crippen molar-refractivity contribution < 1.29 is 23.0 Å². The summed E-state index contributed by atoms with van der Waals surface area (Å²) < 4.78 is 36.2. The topological polar surface area (TPSA) is 47.6 Å². The Hall–Kier alpha value is -1.69. The van der Waals surface area contributed by atoms with Gasteiger partial charge in [0.2, 0.25) is 0 Å². The summed E-state index contributed by atoms with van der Waals surface area (Å²) in [6, 6.07) is 3.27. The molecule has 0 amide bonds. The second-order valence-corrected chi connectivity index (χ2v) is 4.85. The zero-order chi connectivity index (χ0) is 14.8. The van der Waals surface area contributed by atoms with Crippen LogP contribution in [0.4, 0.5) is 8.78 Å². The maximum Gasteiger partial charge on any atom is 0.329 e. The van der Waals surface area contributed by atoms with E-state index in [-0.39, 0.29) is 18.3 Å². The molecule has 110 valence electrons. The van der Waals surface area contributed by atoms with E-state index < -0.39 is 23.1 Å². The van der Waals surface area contributed by atoms with Gasteiger partial charge in [0.25, 0.3) is 0 Å². The van der Waals surface area contributed by atoms with Crippen molar-refractivity contribution in [1.82, 2.24) is 5.32 Å². The smallest absolute Gasteiger partial charge is 0.329 e. The fraction of sp³-hybridized carbons (Fsp3) is 0.500. The van der Waals surface area contributed by atoms with Crippen LogP contribution in [0.1, 0.15) is 12.8 Å². The average molecular weight is 285 g/mol. The molecule has 2 rings (SSSR count). The van der Waals surface area contributed by atoms with Crippen molar-refractivity contribution in [3.63, 3.8) is 0 Å². The van der Waals surface area contributed by atoms with E-state index >= 15 is 0 Å². The molecule has 1 N–H and O–H groups in total. The molecule has 1 aromatic rings. The lowest BCUT2D eigenvalue weighted by Gasteiger charge is -2.30. The van der Waals surface area contributed by atoms with E-state index in [2.05, 4.69) is 5.32 Å². The van der Waals surface area contributed by atoms with Gasteiger partial charge in [0.05, 0.1) is 7.11 Å². The van der Waals surface area contributed by atoms with Crippen LogP contribution in [0.2, 0.25) is 0 Å². The second-order valence-electron chi connectivity index (χ2n) is 4.85. The van der Waals surface area contributed by atoms with Gasteiger partial charge in [0.1, 0.15) is 12.4 Å². The first kappa shape index (κ1) is 14.7. The molecular formula is C14H17F2NO3. The molecule has 0 aliphatic heterocycles. The van der Waals surface area contributed by atoms with E-state index in [1.54, 1.807) is 7.05 Å². The Bertz CT molecular complexity index is 505. The van der Waals surface area contributed by atoms with Crippen LogP contribution in [-0.2, 0) is 9.53 Å². The summed E-state index contributed by atoms with van der Waals surface area (Å²) in [5.74, 6) is -2.03. The van der Waals surface area contributed by atoms with Gasteiger partial charge in [-0.25, -0.2) is 13.6 Å². The highest BCUT2D eigenvalue weighted by molar-refractivity contribution is 5.82. The Labute approximate surface area is 116 Å². The highest BCUT2D eigenvalue weighted by atomic mass is 19.2. The van der Waals surface area contributed by atoms with Crippen molar-refractivity contribution in [2.24, 2.45) is 5.92 Å². The standard InChI is InChI=1S/C14H17F2NO3/c1-17-14(9-3-4-9,13(18)19-2)8-20-10-5-6-11(15)12(16)7-10/h5-7,9,17H,3-4,8H2,1-2H3. The Balaban J connectivity index is 2.12. The number of rotatable bonds is 6. The minimum Gasteiger partial charge on any atom is -0.491 e. The van der Waals surface area contributed by atoms with Crippen LogP contribution in [0.15, 0.2) is 18.2 Å². The van der Waals surface area contributed by atoms with Crippen molar-refractivity contribution in [3.05, 3.63) is 29.8 Å². The number of benzene rings is 1. The van der Waals surface area contributed by atoms with E-state index in [9.17, 15) is 13.6 Å². The number of likely N-dealkylation sites (N-methyl/N-ethyl adjacent to an activating group) is 1. The molecule has 1 fully saturated rings. The fourth-order valence-corrected chi connectivity index (χ4v) is 2.24. The van der Waals surface area contributed by atoms with Gasteiger partial charge < -0.3 is 14.8 Å². The first-order chi connectivity index (χ1) is 9.53. The summed E-state index contributed by atoms with van der Waals surface area (Å²) in [5.41, 5.74) is -0.945. The molecule has 6 heteroatoms. The van der Waals surface area contributed by atoms with E-state index in [1.165, 1.54) is 13.2 Å². The molecule has 4 nitrogen and oxygen atoms in total. The zero-order valence-electron chi connectivity index (χ0n) is 11.4. The van der Waals surface area contributed by atoms with Gasteiger partial charge in [-0.1, -0.05) is 0 Å². The number of methoxy groups -OCH3 is 1. The molecule has 1 saturated carbocycles. The number of halogens is 2. The quantitative estimate of drug-likeness (QED) is 0.811. The van der Waals surface area contributed by atoms with Crippen LogP contribution in [-0.4, -0.2) is 32.3 Å². The lowest BCUT2D eigenvalue weighted by atomic mass is 9.94. The normalized spacial score (nSPS) is 17.4. The van der Waals surface area contributed by atoms with Gasteiger partial charge >= 0.3 is 5.97 Å². The van der Waals surface area contributed by atoms with Crippen LogP contribution >= 0.6 is 0 Å². The third kappa shape index (κ3) is 2.75. The number of carbonyl (C=O) groups is 1. The molecule has 1 atom stereocenters. The number of esters is 1. The first-order valence-corrected chi connectivity index (χ1v) is 6.38. The largest absolute Gasteiger partial charge is 0.491 e. The van der Waals surface area contributed by atoms with Crippen molar-refractivity contribution in [2.45, 2.75) is 18.4 Å². The maximum atomic E-state index is 13.1. The van der Waals surface area contributed by atoms with Crippen molar-refractivity contribution in [1.29, 1.82) is 0 Å². The van der Waals surface area contributed by atoms with Gasteiger partial charge in [0, 0.05) is 6.07 Å². The average Bonchev–Trinajstić information content (AvgIpc) is 3.28. The van der Waals surface area contributed by atoms with Gasteiger partial charge in [-0.15, -0.1) is 0 Å². The molecule has 0 radical (unpaired) electrons. The van der Waals surface area contributed by atoms with Crippen molar-refractivity contribution in [2.75, 3.05) is 20.8 Å². The third-order valence-corrected chi connectivity index (χ3v) is 3.63. The predicted octanol–water partition coefficient (Wildman–Crippen LogP) is 1.88. The number of carbonyl (C=O) groups excluding carboxylic acids is 1. The van der Waals surface area contributed by atoms with Gasteiger partial charge in [-0.2, -0.15) is 0 Å². The summed E-state index contributed by atoms with van der Waals surface area (Å²) in [6.45, 7) is 0.00587. The summed E-state index contributed by atoms with van der Waals surface area (Å²) in [4.78, 5) is 12.0. The molecule has 0 bridgehead atoms. The Kier molecular flexibility index (Phi) is 4.23. The minimum atomic E-state index is -0.984. The molecule has 0 saturated heterocycles. The monoisotopic (exact) mass is 285 g/mol. The molecule has 1 aliphatic carbocycles. The highest BCUT2D eigenvalue weighted by Gasteiger charge is 2.51. The minimum absolute atomic E-state index is 0.00587. The van der Waals surface area contributed by atoms with Crippen molar-refractivity contribution >= 4 is 5.97 Å². The van der Waals surface area contributed by atoms with E-state index in [1.807, 2.05) is 0 Å². The van der Waals surface area contributed by atoms with Crippen molar-refractivity contribution in [3.8, 4) is 5.75 Å². The number of nitrogens with one attached hydrogen (secondary N) is 1. The van der Waals surface area contributed by atoms with Crippen LogP contribution in [0.25, 0.3) is 0 Å². The summed E-state index contributed by atoms with van der Waals surface area (Å²) in [6.07, 6.45) is 1.80. The van der Waals surface area contributed by atoms with Crippen LogP contribution < -0.4 is 10.1 Å². The summed E-state index contributed by atoms with van der Waals surface area (Å²) in [7, 11) is 2.97. The predicted molar refractivity (Wildman–Crippen MR) is 68.4 cm³/mol. The fourth-order valence-electron chi connectivity index (χ4n) is 2.24. The molecule has 1 aromatic carbocycles. The van der Waals surface area contributed by atoms with E-state index in [0.29, 0.717) is 0 Å². The summed E-state index contributed by atoms with van der Waals surface area (Å²) in [5, 5.41) is 2.96. The lowest BCUT2D eigenvalue weighted by Crippen LogP contribution is -2.57. The molecule has 1 aliphatic rings. The molecule has 0 aromatic heterocycles. The van der Waals surface area contributed by atoms with Gasteiger partial charge in [0.15, 0.2) is 17.2 Å². The molecule has 20 heavy (non-hydrogen) atoms. The Morgan fingerprint density at radius 3 is 2.60 bits per heavy atom. The SMILES string of the molecule is CNC(COc1ccc(F)c(F)c1)(C(=O)OC)C1CC1. The van der Waals surface area contributed by atoms with Crippen LogP contribution in [0.5, 0.6) is 5.75 Å². The zero-order valence-corrected chi connectivity index (χ0v) is 11.4. The molecule has 0 heterocycles. The first-order valence-electron chi connectivity index (χ1n) is 6.38. The third-order valence-electron chi connectivity index (χ3n) is 3.63. The van der Waals surface area contributed by atoms with Gasteiger partial charge in [-0.3, -0.25) is 0 Å². The summed E-state index contributed by atoms with van der Waals surface area (Å²) >= 11 is 0. The lowest BCUT2D eigenvalue weighted by molar-refractivity contribution is -0.151. The Morgan fingerprint density at radius 1 is 1.40 bits per heavy atom. The number of hydrogen-bond acceptors (Lipinski definition) is 4. The molecule has 0 spiro atoms. The Morgan fingerprint density at radius 2 is 2.10 bits per heavy atom. The maximum absolute atomic E-state index is 13.1. The second kappa shape index (κ2) is 5.75. The highest BCUT2D eigenvalue weighted by Crippen LogP contribution is 2.40. The van der Waals surface area contributed by atoms with Gasteiger partial charge in [-0.05, 0) is 37.9 Å². The van der Waals surface area contributed by atoms with E-state index in [4.69, 9.17) is 9.47 Å². The van der Waals surface area contributed by atoms with Crippen LogP contribution in [0, 0.1) is 17.6 Å². The number of hydrogen-bond donors (Lipinski definition) is 1. The molecular weight excluding hydrogens is 268 g/mol. The number of ether oxygens (including phenoxy) is 2. The molecule has 1 unspecified atom stereocenters. The van der Waals surface area contributed by atoms with E-state index in [0.717, 1.165) is 25.0 Å².